The fourth-order valence-corrected chi connectivity index (χ4v) is 3.35. The Bertz CT molecular complexity index is 955. The van der Waals surface area contributed by atoms with E-state index in [1.54, 1.807) is 7.11 Å². The molecule has 26 heavy (non-hydrogen) atoms. The summed E-state index contributed by atoms with van der Waals surface area (Å²) in [7, 11) is 1.64. The molecule has 3 aromatic carbocycles. The van der Waals surface area contributed by atoms with E-state index in [0.717, 1.165) is 33.4 Å². The minimum Gasteiger partial charge on any atom is -0.496 e. The van der Waals surface area contributed by atoms with Crippen LogP contribution in [0.4, 0.5) is 4.79 Å². The van der Waals surface area contributed by atoms with Crippen LogP contribution in [0.3, 0.4) is 0 Å². The normalized spacial score (nSPS) is 15.2. The van der Waals surface area contributed by atoms with Crippen molar-refractivity contribution in [2.24, 2.45) is 0 Å². The van der Waals surface area contributed by atoms with Gasteiger partial charge in [-0.3, -0.25) is 0 Å². The summed E-state index contributed by atoms with van der Waals surface area (Å²) in [4.78, 5) is 12.4. The number of nitrogens with one attached hydrogen (secondary N) is 2. The average Bonchev–Trinajstić information content (AvgIpc) is 3.09. The fraction of sp³-hybridized carbons (Fsp3) is 0.190. The van der Waals surface area contributed by atoms with Gasteiger partial charge in [-0.25, -0.2) is 4.79 Å². The maximum Gasteiger partial charge on any atom is 0.315 e. The summed E-state index contributed by atoms with van der Waals surface area (Å²) in [5.41, 5.74) is 1.97. The minimum atomic E-state index is -0.231. The highest BCUT2D eigenvalue weighted by Gasteiger charge is 2.25. The van der Waals surface area contributed by atoms with Gasteiger partial charge >= 0.3 is 6.03 Å². The van der Waals surface area contributed by atoms with Crippen LogP contribution < -0.4 is 20.1 Å². The van der Waals surface area contributed by atoms with Gasteiger partial charge in [-0.1, -0.05) is 48.5 Å². The van der Waals surface area contributed by atoms with Crippen LogP contribution in [-0.2, 0) is 6.54 Å². The van der Waals surface area contributed by atoms with Gasteiger partial charge in [0.05, 0.1) is 13.2 Å². The average molecular weight is 348 g/mol. The zero-order valence-electron chi connectivity index (χ0n) is 14.5. The quantitative estimate of drug-likeness (QED) is 0.754. The van der Waals surface area contributed by atoms with E-state index in [1.807, 2.05) is 60.7 Å². The molecule has 0 aliphatic carbocycles. The van der Waals surface area contributed by atoms with E-state index in [2.05, 4.69) is 10.6 Å². The van der Waals surface area contributed by atoms with Crippen molar-refractivity contribution in [2.45, 2.75) is 12.6 Å². The van der Waals surface area contributed by atoms with Gasteiger partial charge in [0, 0.05) is 17.7 Å². The zero-order valence-corrected chi connectivity index (χ0v) is 14.5. The van der Waals surface area contributed by atoms with Crippen molar-refractivity contribution >= 4 is 16.8 Å². The molecule has 0 aromatic heterocycles. The van der Waals surface area contributed by atoms with E-state index in [4.69, 9.17) is 9.47 Å². The summed E-state index contributed by atoms with van der Waals surface area (Å²) in [6, 6.07) is 19.4. The van der Waals surface area contributed by atoms with Crippen LogP contribution in [0, 0.1) is 0 Å². The van der Waals surface area contributed by atoms with Gasteiger partial charge in [0.15, 0.2) is 0 Å². The largest absolute Gasteiger partial charge is 0.496 e. The van der Waals surface area contributed by atoms with Crippen molar-refractivity contribution in [1.29, 1.82) is 0 Å². The molecule has 0 unspecified atom stereocenters. The number of amides is 2. The number of hydrogen-bond donors (Lipinski definition) is 2. The van der Waals surface area contributed by atoms with Gasteiger partial charge in [0.25, 0.3) is 0 Å². The van der Waals surface area contributed by atoms with Crippen LogP contribution in [-0.4, -0.2) is 19.7 Å². The first kappa shape index (κ1) is 16.3. The topological polar surface area (TPSA) is 59.6 Å². The highest BCUT2D eigenvalue weighted by molar-refractivity contribution is 5.88. The first-order valence-electron chi connectivity index (χ1n) is 8.57. The van der Waals surface area contributed by atoms with Crippen molar-refractivity contribution in [1.82, 2.24) is 10.6 Å². The molecular weight excluding hydrogens is 328 g/mol. The number of carbonyl (C=O) groups is 1. The van der Waals surface area contributed by atoms with Crippen LogP contribution in [0.15, 0.2) is 60.7 Å². The highest BCUT2D eigenvalue weighted by atomic mass is 16.5. The molecule has 1 aliphatic heterocycles. The lowest BCUT2D eigenvalue weighted by atomic mass is 10.0. The van der Waals surface area contributed by atoms with E-state index >= 15 is 0 Å². The Balaban J connectivity index is 1.48. The summed E-state index contributed by atoms with van der Waals surface area (Å²) in [5, 5.41) is 8.10. The number of hydrogen-bond acceptors (Lipinski definition) is 3. The third kappa shape index (κ3) is 3.04. The second kappa shape index (κ2) is 6.96. The molecule has 3 aromatic rings. The van der Waals surface area contributed by atoms with Gasteiger partial charge in [-0.05, 0) is 22.9 Å². The Morgan fingerprint density at radius 2 is 1.92 bits per heavy atom. The lowest BCUT2D eigenvalue weighted by Crippen LogP contribution is -2.38. The Hall–Kier alpha value is -3.21. The van der Waals surface area contributed by atoms with E-state index < -0.39 is 0 Å². The summed E-state index contributed by atoms with van der Waals surface area (Å²) in [5.74, 6) is 1.59. The second-order valence-corrected chi connectivity index (χ2v) is 6.20. The number of rotatable bonds is 4. The summed E-state index contributed by atoms with van der Waals surface area (Å²) < 4.78 is 11.1. The van der Waals surface area contributed by atoms with Gasteiger partial charge in [0.2, 0.25) is 0 Å². The van der Waals surface area contributed by atoms with Gasteiger partial charge in [-0.2, -0.15) is 0 Å². The minimum absolute atomic E-state index is 0.138. The first-order valence-corrected chi connectivity index (χ1v) is 8.57. The predicted molar refractivity (Wildman–Crippen MR) is 101 cm³/mol. The van der Waals surface area contributed by atoms with Crippen LogP contribution in [0.2, 0.25) is 0 Å². The molecule has 1 atom stereocenters. The molecule has 2 amide bonds. The molecule has 0 spiro atoms. The lowest BCUT2D eigenvalue weighted by molar-refractivity contribution is 0.231. The molecule has 4 rings (SSSR count). The van der Waals surface area contributed by atoms with Crippen LogP contribution in [0.1, 0.15) is 17.2 Å². The monoisotopic (exact) mass is 348 g/mol. The van der Waals surface area contributed by atoms with E-state index in [9.17, 15) is 4.79 Å². The smallest absolute Gasteiger partial charge is 0.315 e. The number of carbonyl (C=O) groups excluding carboxylic acids is 1. The number of para-hydroxylation sites is 1. The van der Waals surface area contributed by atoms with Crippen molar-refractivity contribution < 1.29 is 14.3 Å². The molecule has 0 bridgehead atoms. The van der Waals surface area contributed by atoms with E-state index in [0.29, 0.717) is 13.2 Å². The number of urea groups is 1. The molecule has 5 nitrogen and oxygen atoms in total. The van der Waals surface area contributed by atoms with Crippen molar-refractivity contribution in [2.75, 3.05) is 13.7 Å². The van der Waals surface area contributed by atoms with Crippen LogP contribution in [0.5, 0.6) is 11.5 Å². The van der Waals surface area contributed by atoms with Crippen LogP contribution >= 0.6 is 0 Å². The number of fused-ring (bicyclic) bond motifs is 2. The summed E-state index contributed by atoms with van der Waals surface area (Å²) >= 11 is 0. The van der Waals surface area contributed by atoms with Crippen molar-refractivity contribution in [3.05, 3.63) is 71.8 Å². The maximum atomic E-state index is 12.4. The molecule has 2 N–H and O–H groups in total. The second-order valence-electron chi connectivity index (χ2n) is 6.20. The number of ether oxygens (including phenoxy) is 2. The molecular formula is C21H20N2O3. The SMILES string of the molecule is COc1ccc2ccccc2c1CNC(=O)N[C@@H]1COc2ccccc21. The van der Waals surface area contributed by atoms with E-state index in [-0.39, 0.29) is 12.1 Å². The lowest BCUT2D eigenvalue weighted by Gasteiger charge is -2.15. The highest BCUT2D eigenvalue weighted by Crippen LogP contribution is 2.31. The predicted octanol–water partition coefficient (Wildman–Crippen LogP) is 3.78. The Morgan fingerprint density at radius 3 is 2.81 bits per heavy atom. The van der Waals surface area contributed by atoms with Crippen molar-refractivity contribution in [3.63, 3.8) is 0 Å². The first-order chi connectivity index (χ1) is 12.8. The standard InChI is InChI=1S/C21H20N2O3/c1-25-19-11-10-14-6-2-3-7-15(14)17(19)12-22-21(24)23-18-13-26-20-9-5-4-8-16(18)20/h2-11,18H,12-13H2,1H3,(H2,22,23,24)/t18-/m1/s1. The molecule has 1 heterocycles. The fourth-order valence-electron chi connectivity index (χ4n) is 3.35. The maximum absolute atomic E-state index is 12.4. The molecule has 132 valence electrons. The van der Waals surface area contributed by atoms with Gasteiger partial charge in [-0.15, -0.1) is 0 Å². The Morgan fingerprint density at radius 1 is 1.12 bits per heavy atom. The number of benzene rings is 3. The Labute approximate surface area is 151 Å². The molecule has 0 saturated carbocycles. The molecule has 0 saturated heterocycles. The molecule has 5 heteroatoms. The zero-order chi connectivity index (χ0) is 17.9. The van der Waals surface area contributed by atoms with Gasteiger partial charge in [0.1, 0.15) is 18.1 Å². The summed E-state index contributed by atoms with van der Waals surface area (Å²) in [6.45, 7) is 0.829. The third-order valence-corrected chi connectivity index (χ3v) is 4.65. The molecule has 0 fully saturated rings. The van der Waals surface area contributed by atoms with E-state index in [1.165, 1.54) is 0 Å². The van der Waals surface area contributed by atoms with Crippen LogP contribution in [0.25, 0.3) is 10.8 Å². The molecule has 1 aliphatic rings. The number of methoxy groups -OCH3 is 1. The summed E-state index contributed by atoms with van der Waals surface area (Å²) in [6.07, 6.45) is 0. The Kier molecular flexibility index (Phi) is 4.35. The third-order valence-electron chi connectivity index (χ3n) is 4.65. The van der Waals surface area contributed by atoms with Gasteiger partial charge < -0.3 is 20.1 Å². The van der Waals surface area contributed by atoms with Crippen molar-refractivity contribution in [3.8, 4) is 11.5 Å². The molecule has 0 radical (unpaired) electrons.